The van der Waals surface area contributed by atoms with Crippen molar-refractivity contribution in [3.63, 3.8) is 0 Å². The number of amides is 2. The van der Waals surface area contributed by atoms with E-state index in [2.05, 4.69) is 5.32 Å². The number of halogens is 3. The Hall–Kier alpha value is -1.70. The number of nitrogens with zero attached hydrogens (tertiary/aromatic N) is 2. The van der Waals surface area contributed by atoms with E-state index < -0.39 is 17.1 Å². The van der Waals surface area contributed by atoms with Crippen molar-refractivity contribution in [1.29, 1.82) is 0 Å². The Labute approximate surface area is 179 Å². The second-order valence-electron chi connectivity index (χ2n) is 8.44. The summed E-state index contributed by atoms with van der Waals surface area (Å²) in [4.78, 5) is 17.0. The van der Waals surface area contributed by atoms with Crippen molar-refractivity contribution < 1.29 is 18.0 Å². The molecule has 4 nitrogen and oxygen atoms in total. The summed E-state index contributed by atoms with van der Waals surface area (Å²) in [7, 11) is 0. The summed E-state index contributed by atoms with van der Waals surface area (Å²) >= 11 is 0.657. The maximum absolute atomic E-state index is 14.5. The third-order valence-corrected chi connectivity index (χ3v) is 7.70. The van der Waals surface area contributed by atoms with Crippen molar-refractivity contribution >= 4 is 23.0 Å². The first-order valence-electron chi connectivity index (χ1n) is 10.9. The molecule has 1 aromatic rings. The molecule has 1 atom stereocenters. The second kappa shape index (κ2) is 8.81. The van der Waals surface area contributed by atoms with Gasteiger partial charge in [-0.2, -0.15) is 13.2 Å². The number of alkyl halides is 3. The number of urea groups is 1. The van der Waals surface area contributed by atoms with Gasteiger partial charge >= 0.3 is 12.2 Å². The molecule has 30 heavy (non-hydrogen) atoms. The molecule has 0 bridgehead atoms. The Morgan fingerprint density at radius 3 is 2.17 bits per heavy atom. The lowest BCUT2D eigenvalue weighted by molar-refractivity contribution is -0.168. The van der Waals surface area contributed by atoms with Gasteiger partial charge in [0.15, 0.2) is 5.17 Å². The van der Waals surface area contributed by atoms with Crippen molar-refractivity contribution in [3.8, 4) is 0 Å². The Bertz CT molecular complexity index is 774. The van der Waals surface area contributed by atoms with Crippen LogP contribution < -0.4 is 5.32 Å². The summed E-state index contributed by atoms with van der Waals surface area (Å²) in [6.45, 7) is 0. The van der Waals surface area contributed by atoms with Crippen LogP contribution in [0.25, 0.3) is 0 Å². The number of carbonyl (C=O) groups is 1. The van der Waals surface area contributed by atoms with Crippen LogP contribution in [0.3, 0.4) is 0 Å². The molecule has 1 aliphatic heterocycles. The lowest BCUT2D eigenvalue weighted by Crippen LogP contribution is -2.65. The molecule has 2 aliphatic carbocycles. The minimum Gasteiger partial charge on any atom is -0.311 e. The number of rotatable bonds is 3. The number of thioether (sulfide) groups is 1. The number of hydrogen-bond acceptors (Lipinski definition) is 3. The van der Waals surface area contributed by atoms with Crippen LogP contribution in [0, 0.1) is 0 Å². The molecule has 2 amide bonds. The molecular formula is C22H28F3N3OS. The highest BCUT2D eigenvalue weighted by Gasteiger charge is 2.62. The van der Waals surface area contributed by atoms with Gasteiger partial charge in [0.05, 0.1) is 6.04 Å². The van der Waals surface area contributed by atoms with Crippen LogP contribution in [-0.2, 0) is 4.87 Å². The Morgan fingerprint density at radius 2 is 1.57 bits per heavy atom. The minimum atomic E-state index is -4.67. The molecule has 4 rings (SSSR count). The molecule has 3 fully saturated rings. The van der Waals surface area contributed by atoms with Crippen LogP contribution in [0.5, 0.6) is 0 Å². The highest BCUT2D eigenvalue weighted by Crippen LogP contribution is 2.51. The lowest BCUT2D eigenvalue weighted by Gasteiger charge is -2.46. The topological polar surface area (TPSA) is 44.7 Å². The first kappa shape index (κ1) is 21.5. The number of carbonyl (C=O) groups excluding carboxylic acids is 1. The van der Waals surface area contributed by atoms with E-state index in [9.17, 15) is 18.0 Å². The fraction of sp³-hybridized carbons (Fsp3) is 0.636. The minimum absolute atomic E-state index is 0.0139. The average Bonchev–Trinajstić information content (AvgIpc) is 2.74. The van der Waals surface area contributed by atoms with E-state index in [0.717, 1.165) is 64.2 Å². The predicted molar refractivity (Wildman–Crippen MR) is 113 cm³/mol. The summed E-state index contributed by atoms with van der Waals surface area (Å²) in [5.74, 6) is 0. The van der Waals surface area contributed by atoms with Gasteiger partial charge in [-0.15, -0.1) is 0 Å². The van der Waals surface area contributed by atoms with Gasteiger partial charge in [-0.3, -0.25) is 9.89 Å². The maximum atomic E-state index is 14.5. The molecular weight excluding hydrogens is 411 g/mol. The number of amidine groups is 1. The van der Waals surface area contributed by atoms with E-state index in [0.29, 0.717) is 11.8 Å². The number of benzene rings is 1. The molecule has 164 valence electrons. The van der Waals surface area contributed by atoms with Crippen LogP contribution >= 0.6 is 11.8 Å². The first-order chi connectivity index (χ1) is 14.4. The fourth-order valence-corrected chi connectivity index (χ4v) is 6.04. The summed E-state index contributed by atoms with van der Waals surface area (Å²) in [6.07, 6.45) is 4.96. The van der Waals surface area contributed by atoms with Crippen LogP contribution in [0.2, 0.25) is 0 Å². The highest BCUT2D eigenvalue weighted by molar-refractivity contribution is 8.14. The summed E-state index contributed by atoms with van der Waals surface area (Å²) in [6, 6.07) is 6.88. The fourth-order valence-electron chi connectivity index (χ4n) is 4.72. The van der Waals surface area contributed by atoms with Gasteiger partial charge in [-0.1, -0.05) is 68.9 Å². The largest absolute Gasteiger partial charge is 0.425 e. The van der Waals surface area contributed by atoms with Gasteiger partial charge in [0, 0.05) is 6.04 Å². The van der Waals surface area contributed by atoms with Crippen molar-refractivity contribution in [2.24, 2.45) is 4.99 Å². The lowest BCUT2D eigenvalue weighted by atomic mass is 9.94. The van der Waals surface area contributed by atoms with E-state index in [4.69, 9.17) is 4.99 Å². The Balaban J connectivity index is 1.75. The molecule has 1 heterocycles. The number of aliphatic imine (C=N–C) groups is 1. The van der Waals surface area contributed by atoms with E-state index in [1.54, 1.807) is 18.2 Å². The van der Waals surface area contributed by atoms with Gasteiger partial charge in [0.25, 0.3) is 0 Å². The third kappa shape index (κ3) is 4.20. The normalized spacial score (nSPS) is 28.6. The smallest absolute Gasteiger partial charge is 0.311 e. The molecule has 0 radical (unpaired) electrons. The summed E-state index contributed by atoms with van der Waals surface area (Å²) in [5, 5.41) is 2.58. The molecule has 0 unspecified atom stereocenters. The second-order valence-corrected chi connectivity index (χ2v) is 9.62. The molecule has 1 aromatic carbocycles. The molecule has 0 aromatic heterocycles. The first-order valence-corrected chi connectivity index (χ1v) is 11.7. The molecule has 1 saturated heterocycles. The average molecular weight is 440 g/mol. The Kier molecular flexibility index (Phi) is 6.32. The summed E-state index contributed by atoms with van der Waals surface area (Å²) in [5.41, 5.74) is 0.0236. The van der Waals surface area contributed by atoms with Gasteiger partial charge in [-0.25, -0.2) is 4.79 Å². The maximum Gasteiger partial charge on any atom is 0.425 e. The standard InChI is InChI=1S/C22H28F3N3OS/c23-22(24,25)21(16-10-4-1-5-11-16)27-19(29)28(18-14-8-3-9-15-18)20(30-21)26-17-12-6-2-7-13-17/h1,4-5,10-11,17-18H,2-3,6-9,12-15H2,(H,27,29)/t21-/m0/s1. The van der Waals surface area contributed by atoms with Crippen molar-refractivity contribution in [3.05, 3.63) is 35.9 Å². The quantitative estimate of drug-likeness (QED) is 0.611. The summed E-state index contributed by atoms with van der Waals surface area (Å²) < 4.78 is 43.4. The van der Waals surface area contributed by atoms with Crippen molar-refractivity contribution in [2.45, 2.75) is 87.3 Å². The highest BCUT2D eigenvalue weighted by atomic mass is 32.2. The van der Waals surface area contributed by atoms with Crippen LogP contribution in [0.1, 0.15) is 69.8 Å². The third-order valence-electron chi connectivity index (χ3n) is 6.34. The molecule has 2 saturated carbocycles. The van der Waals surface area contributed by atoms with Crippen molar-refractivity contribution in [1.82, 2.24) is 10.2 Å². The monoisotopic (exact) mass is 439 g/mol. The molecule has 1 N–H and O–H groups in total. The zero-order valence-electron chi connectivity index (χ0n) is 17.0. The zero-order chi connectivity index (χ0) is 21.2. The van der Waals surface area contributed by atoms with E-state index in [-0.39, 0.29) is 22.8 Å². The SMILES string of the molecule is O=C1N[C@](c2ccccc2)(C(F)(F)F)SC(=NC2CCCCC2)N1C1CCCCC1. The number of hydrogen-bond donors (Lipinski definition) is 1. The number of nitrogens with one attached hydrogen (secondary N) is 1. The molecule has 3 aliphatic rings. The van der Waals surface area contributed by atoms with Gasteiger partial charge in [0.2, 0.25) is 4.87 Å². The molecule has 0 spiro atoms. The zero-order valence-corrected chi connectivity index (χ0v) is 17.8. The van der Waals surface area contributed by atoms with Crippen LogP contribution in [-0.4, -0.2) is 34.4 Å². The van der Waals surface area contributed by atoms with Crippen LogP contribution in [0.15, 0.2) is 35.3 Å². The van der Waals surface area contributed by atoms with E-state index in [1.807, 2.05) is 0 Å². The van der Waals surface area contributed by atoms with E-state index in [1.165, 1.54) is 17.0 Å². The van der Waals surface area contributed by atoms with Crippen LogP contribution in [0.4, 0.5) is 18.0 Å². The van der Waals surface area contributed by atoms with Gasteiger partial charge < -0.3 is 5.32 Å². The van der Waals surface area contributed by atoms with Gasteiger partial charge in [0.1, 0.15) is 0 Å². The van der Waals surface area contributed by atoms with Crippen molar-refractivity contribution in [2.75, 3.05) is 0 Å². The molecule has 8 heteroatoms. The van der Waals surface area contributed by atoms with Gasteiger partial charge in [-0.05, 0) is 43.0 Å². The predicted octanol–water partition coefficient (Wildman–Crippen LogP) is 6.18. The van der Waals surface area contributed by atoms with E-state index >= 15 is 0 Å². The Morgan fingerprint density at radius 1 is 0.967 bits per heavy atom.